The van der Waals surface area contributed by atoms with Crippen molar-refractivity contribution in [3.8, 4) is 0 Å². The highest BCUT2D eigenvalue weighted by atomic mass is 32.1. The molecule has 4 heterocycles. The molecule has 1 saturated heterocycles. The molecule has 2 aromatic rings. The van der Waals surface area contributed by atoms with Gasteiger partial charge in [-0.2, -0.15) is 0 Å². The maximum atomic E-state index is 12.3. The molecule has 4 rings (SSSR count). The van der Waals surface area contributed by atoms with Crippen molar-refractivity contribution >= 4 is 17.2 Å². The molecular formula is C18H25N5OS. The van der Waals surface area contributed by atoms with Gasteiger partial charge in [0, 0.05) is 48.4 Å². The Morgan fingerprint density at radius 1 is 1.28 bits per heavy atom. The lowest BCUT2D eigenvalue weighted by Crippen LogP contribution is -2.35. The minimum Gasteiger partial charge on any atom is -0.347 e. The molecule has 0 spiro atoms. The van der Waals surface area contributed by atoms with Gasteiger partial charge in [-0.3, -0.25) is 9.69 Å². The van der Waals surface area contributed by atoms with Crippen LogP contribution in [0.25, 0.3) is 0 Å². The number of fused-ring (bicyclic) bond motifs is 2. The first-order valence-corrected chi connectivity index (χ1v) is 9.82. The van der Waals surface area contributed by atoms with Crippen molar-refractivity contribution in [1.29, 1.82) is 0 Å². The molecular weight excluding hydrogens is 334 g/mol. The summed E-state index contributed by atoms with van der Waals surface area (Å²) in [5.74, 6) is 2.52. The zero-order chi connectivity index (χ0) is 17.6. The molecule has 7 heteroatoms. The van der Waals surface area contributed by atoms with Crippen LogP contribution in [-0.4, -0.2) is 44.7 Å². The minimum absolute atomic E-state index is 0.105. The Morgan fingerprint density at radius 3 is 2.80 bits per heavy atom. The molecule has 134 valence electrons. The zero-order valence-electron chi connectivity index (χ0n) is 15.0. The highest BCUT2D eigenvalue weighted by Gasteiger charge is 2.39. The van der Waals surface area contributed by atoms with Gasteiger partial charge in [0.1, 0.15) is 5.82 Å². The van der Waals surface area contributed by atoms with E-state index in [0.29, 0.717) is 17.7 Å². The van der Waals surface area contributed by atoms with Crippen LogP contribution in [0.4, 0.5) is 0 Å². The molecule has 2 aliphatic rings. The number of hydrogen-bond acceptors (Lipinski definition) is 5. The van der Waals surface area contributed by atoms with Crippen molar-refractivity contribution in [2.24, 2.45) is 11.8 Å². The standard InChI is InChI=1S/C18H25N5OS/c1-11(2)19-18(24)17-21-20-16-6-13-7-22(8-14(13)9-23(16)17)10-15-5-4-12(3)25-15/h4-5,11,13-14H,6-10H2,1-3H3,(H,19,24)/t13-,14-/m1/s1. The van der Waals surface area contributed by atoms with Crippen molar-refractivity contribution in [3.05, 3.63) is 33.5 Å². The van der Waals surface area contributed by atoms with Gasteiger partial charge >= 0.3 is 0 Å². The van der Waals surface area contributed by atoms with Gasteiger partial charge in [0.25, 0.3) is 5.91 Å². The number of carbonyl (C=O) groups is 1. The summed E-state index contributed by atoms with van der Waals surface area (Å²) in [5, 5.41) is 11.4. The third-order valence-electron chi connectivity index (χ3n) is 5.14. The number of aryl methyl sites for hydroxylation is 1. The normalized spacial score (nSPS) is 22.9. The topological polar surface area (TPSA) is 63.1 Å². The van der Waals surface area contributed by atoms with E-state index in [1.54, 1.807) is 0 Å². The Bertz CT molecular complexity index is 780. The number of nitrogens with zero attached hydrogens (tertiary/aromatic N) is 4. The summed E-state index contributed by atoms with van der Waals surface area (Å²) in [6.07, 6.45) is 0.923. The molecule has 1 N–H and O–H groups in total. The van der Waals surface area contributed by atoms with Gasteiger partial charge in [-0.15, -0.1) is 21.5 Å². The number of amides is 1. The number of rotatable bonds is 4. The second-order valence-electron chi connectivity index (χ2n) is 7.61. The molecule has 0 aliphatic carbocycles. The third kappa shape index (κ3) is 3.35. The second kappa shape index (κ2) is 6.53. The van der Waals surface area contributed by atoms with Crippen molar-refractivity contribution in [1.82, 2.24) is 25.0 Å². The quantitative estimate of drug-likeness (QED) is 0.908. The summed E-state index contributed by atoms with van der Waals surface area (Å²) in [6.45, 7) is 10.2. The average molecular weight is 359 g/mol. The first-order valence-electron chi connectivity index (χ1n) is 9.00. The average Bonchev–Trinajstić information content (AvgIpc) is 3.22. The molecule has 0 unspecified atom stereocenters. The number of nitrogens with one attached hydrogen (secondary N) is 1. The summed E-state index contributed by atoms with van der Waals surface area (Å²) >= 11 is 1.89. The predicted molar refractivity (Wildman–Crippen MR) is 97.6 cm³/mol. The lowest BCUT2D eigenvalue weighted by molar-refractivity contribution is 0.0924. The van der Waals surface area contributed by atoms with Crippen LogP contribution in [0.3, 0.4) is 0 Å². The molecule has 25 heavy (non-hydrogen) atoms. The van der Waals surface area contributed by atoms with E-state index in [1.165, 1.54) is 9.75 Å². The van der Waals surface area contributed by atoms with E-state index in [4.69, 9.17) is 0 Å². The van der Waals surface area contributed by atoms with Crippen molar-refractivity contribution < 1.29 is 4.79 Å². The monoisotopic (exact) mass is 359 g/mol. The fourth-order valence-corrected chi connectivity index (χ4v) is 4.97. The summed E-state index contributed by atoms with van der Waals surface area (Å²) in [7, 11) is 0. The van der Waals surface area contributed by atoms with Crippen LogP contribution in [0, 0.1) is 18.8 Å². The highest BCUT2D eigenvalue weighted by molar-refractivity contribution is 7.11. The number of likely N-dealkylation sites (tertiary alicyclic amines) is 1. The predicted octanol–water partition coefficient (Wildman–Crippen LogP) is 2.09. The molecule has 0 bridgehead atoms. The van der Waals surface area contributed by atoms with E-state index in [9.17, 15) is 4.79 Å². The molecule has 1 fully saturated rings. The zero-order valence-corrected chi connectivity index (χ0v) is 15.8. The largest absolute Gasteiger partial charge is 0.347 e. The Labute approximate surface area is 152 Å². The van der Waals surface area contributed by atoms with Crippen LogP contribution in [0.15, 0.2) is 12.1 Å². The van der Waals surface area contributed by atoms with Gasteiger partial charge in [-0.1, -0.05) is 0 Å². The SMILES string of the molecule is Cc1ccc(CN2C[C@H]3Cc4nnc(C(=O)NC(C)C)n4C[C@H]3C2)s1. The van der Waals surface area contributed by atoms with E-state index in [2.05, 4.69) is 39.5 Å². The molecule has 2 atom stereocenters. The molecule has 2 aliphatic heterocycles. The number of aromatic nitrogens is 3. The Balaban J connectivity index is 1.45. The van der Waals surface area contributed by atoms with Crippen molar-refractivity contribution in [2.45, 2.75) is 46.3 Å². The lowest BCUT2D eigenvalue weighted by atomic mass is 9.89. The van der Waals surface area contributed by atoms with Gasteiger partial charge in [-0.25, -0.2) is 0 Å². The lowest BCUT2D eigenvalue weighted by Gasteiger charge is -2.25. The fraction of sp³-hybridized carbons (Fsp3) is 0.611. The molecule has 2 aromatic heterocycles. The van der Waals surface area contributed by atoms with Crippen LogP contribution in [0.1, 0.15) is 40.0 Å². The van der Waals surface area contributed by atoms with Crippen LogP contribution < -0.4 is 5.32 Å². The third-order valence-corrected chi connectivity index (χ3v) is 6.13. The van der Waals surface area contributed by atoms with E-state index >= 15 is 0 Å². The molecule has 0 radical (unpaired) electrons. The van der Waals surface area contributed by atoms with Gasteiger partial charge in [-0.05, 0) is 44.7 Å². The molecule has 0 aromatic carbocycles. The van der Waals surface area contributed by atoms with Crippen molar-refractivity contribution in [3.63, 3.8) is 0 Å². The summed E-state index contributed by atoms with van der Waals surface area (Å²) in [4.78, 5) is 17.7. The van der Waals surface area contributed by atoms with Gasteiger partial charge in [0.05, 0.1) is 0 Å². The Kier molecular flexibility index (Phi) is 4.37. The van der Waals surface area contributed by atoms with E-state index < -0.39 is 0 Å². The smallest absolute Gasteiger partial charge is 0.289 e. The van der Waals surface area contributed by atoms with Crippen LogP contribution in [-0.2, 0) is 19.5 Å². The molecule has 1 amide bonds. The minimum atomic E-state index is -0.115. The maximum absolute atomic E-state index is 12.3. The van der Waals surface area contributed by atoms with Gasteiger partial charge in [0.15, 0.2) is 0 Å². The number of hydrogen-bond donors (Lipinski definition) is 1. The second-order valence-corrected chi connectivity index (χ2v) is 8.98. The first kappa shape index (κ1) is 16.7. The van der Waals surface area contributed by atoms with Gasteiger partial charge in [0.2, 0.25) is 5.82 Å². The van der Waals surface area contributed by atoms with E-state index in [-0.39, 0.29) is 11.9 Å². The van der Waals surface area contributed by atoms with E-state index in [1.807, 2.05) is 29.8 Å². The number of carbonyl (C=O) groups excluding carboxylic acids is 1. The Hall–Kier alpha value is -1.73. The van der Waals surface area contributed by atoms with Crippen LogP contribution in [0.2, 0.25) is 0 Å². The first-order chi connectivity index (χ1) is 12.0. The van der Waals surface area contributed by atoms with Crippen molar-refractivity contribution in [2.75, 3.05) is 13.1 Å². The number of thiophene rings is 1. The van der Waals surface area contributed by atoms with Crippen LogP contribution >= 0.6 is 11.3 Å². The van der Waals surface area contributed by atoms with Crippen LogP contribution in [0.5, 0.6) is 0 Å². The summed E-state index contributed by atoms with van der Waals surface area (Å²) in [6, 6.07) is 4.54. The molecule has 0 saturated carbocycles. The van der Waals surface area contributed by atoms with E-state index in [0.717, 1.165) is 38.4 Å². The summed E-state index contributed by atoms with van der Waals surface area (Å²) < 4.78 is 2.04. The molecule has 6 nitrogen and oxygen atoms in total. The maximum Gasteiger partial charge on any atom is 0.289 e. The Morgan fingerprint density at radius 2 is 2.08 bits per heavy atom. The summed E-state index contributed by atoms with van der Waals surface area (Å²) in [5.41, 5.74) is 0. The van der Waals surface area contributed by atoms with Gasteiger partial charge < -0.3 is 9.88 Å². The highest BCUT2D eigenvalue weighted by Crippen LogP contribution is 2.33. The fourth-order valence-electron chi connectivity index (χ4n) is 4.04.